The molecular weight excluding hydrogens is 332 g/mol. The van der Waals surface area contributed by atoms with Gasteiger partial charge in [-0.2, -0.15) is 11.8 Å². The van der Waals surface area contributed by atoms with Crippen molar-refractivity contribution in [3.8, 4) is 0 Å². The van der Waals surface area contributed by atoms with Crippen LogP contribution < -0.4 is 10.2 Å². The molecule has 2 heterocycles. The molecule has 0 radical (unpaired) electrons. The Morgan fingerprint density at radius 1 is 1.28 bits per heavy atom. The smallest absolute Gasteiger partial charge is 0.221 e. The van der Waals surface area contributed by atoms with E-state index in [0.717, 1.165) is 43.3 Å². The number of hydrogen-bond donors (Lipinski definition) is 1. The van der Waals surface area contributed by atoms with Crippen molar-refractivity contribution in [2.24, 2.45) is 0 Å². The van der Waals surface area contributed by atoms with Crippen LogP contribution in [0.1, 0.15) is 24.8 Å². The van der Waals surface area contributed by atoms with Gasteiger partial charge in [0.1, 0.15) is 5.82 Å². The zero-order valence-corrected chi connectivity index (χ0v) is 15.1. The maximum absolute atomic E-state index is 12.2. The summed E-state index contributed by atoms with van der Waals surface area (Å²) in [7, 11) is 0. The number of nitrogens with one attached hydrogen (secondary N) is 1. The van der Waals surface area contributed by atoms with E-state index >= 15 is 0 Å². The Kier molecular flexibility index (Phi) is 6.68. The Hall–Kier alpha value is -2.08. The van der Waals surface area contributed by atoms with Crippen molar-refractivity contribution in [3.63, 3.8) is 0 Å². The summed E-state index contributed by atoms with van der Waals surface area (Å²) in [6.45, 7) is 1.78. The van der Waals surface area contributed by atoms with Crippen LogP contribution in [0, 0.1) is 0 Å². The van der Waals surface area contributed by atoms with E-state index < -0.39 is 0 Å². The summed E-state index contributed by atoms with van der Waals surface area (Å²) in [5, 5.41) is 3.18. The van der Waals surface area contributed by atoms with Gasteiger partial charge in [0.15, 0.2) is 0 Å². The monoisotopic (exact) mass is 356 g/mol. The van der Waals surface area contributed by atoms with E-state index in [0.29, 0.717) is 6.42 Å². The first kappa shape index (κ1) is 17.7. The van der Waals surface area contributed by atoms with Crippen LogP contribution >= 0.6 is 11.8 Å². The number of thioether (sulfide) groups is 1. The largest absolute Gasteiger partial charge is 0.353 e. The third kappa shape index (κ3) is 5.74. The number of nitrogens with zero attached hydrogens (tertiary/aromatic N) is 3. The molecule has 0 spiro atoms. The Morgan fingerprint density at radius 3 is 2.96 bits per heavy atom. The van der Waals surface area contributed by atoms with Crippen LogP contribution in [0.2, 0.25) is 0 Å². The molecule has 25 heavy (non-hydrogen) atoms. The lowest BCUT2D eigenvalue weighted by atomic mass is 10.1. The van der Waals surface area contributed by atoms with Crippen LogP contribution in [0.5, 0.6) is 0 Å². The Bertz CT molecular complexity index is 653. The predicted molar refractivity (Wildman–Crippen MR) is 103 cm³/mol. The standard InChI is InChI=1S/C19H24N4OS/c24-19(8-12-25-15-16-5-2-1-3-6-16)22-17-7-4-11-23(14-17)18-13-20-9-10-21-18/h1-3,5-6,9-10,13,17H,4,7-8,11-12,14-15H2,(H,22,24)/t17-/m0/s1. The van der Waals surface area contributed by atoms with Gasteiger partial charge in [-0.1, -0.05) is 30.3 Å². The van der Waals surface area contributed by atoms with Crippen LogP contribution in [0.15, 0.2) is 48.9 Å². The van der Waals surface area contributed by atoms with Crippen molar-refractivity contribution in [1.82, 2.24) is 15.3 Å². The van der Waals surface area contributed by atoms with Gasteiger partial charge in [-0.3, -0.25) is 9.78 Å². The first-order chi connectivity index (χ1) is 12.3. The van der Waals surface area contributed by atoms with E-state index in [9.17, 15) is 4.79 Å². The van der Waals surface area contributed by atoms with Crippen molar-refractivity contribution < 1.29 is 4.79 Å². The van der Waals surface area contributed by atoms with Crippen LogP contribution in [0.4, 0.5) is 5.82 Å². The molecule has 1 saturated heterocycles. The lowest BCUT2D eigenvalue weighted by molar-refractivity contribution is -0.121. The van der Waals surface area contributed by atoms with E-state index in [1.54, 1.807) is 30.4 Å². The number of piperidine rings is 1. The summed E-state index contributed by atoms with van der Waals surface area (Å²) >= 11 is 1.80. The highest BCUT2D eigenvalue weighted by molar-refractivity contribution is 7.98. The minimum absolute atomic E-state index is 0.145. The summed E-state index contributed by atoms with van der Waals surface area (Å²) in [4.78, 5) is 22.9. The predicted octanol–water partition coefficient (Wildman–Crippen LogP) is 2.89. The molecule has 1 aromatic carbocycles. The number of carbonyl (C=O) groups excluding carboxylic acids is 1. The van der Waals surface area contributed by atoms with Crippen LogP contribution in [-0.2, 0) is 10.5 Å². The van der Waals surface area contributed by atoms with Gasteiger partial charge in [-0.15, -0.1) is 0 Å². The minimum atomic E-state index is 0.145. The number of carbonyl (C=O) groups is 1. The number of anilines is 1. The molecule has 3 rings (SSSR count). The normalized spacial score (nSPS) is 17.3. The lowest BCUT2D eigenvalue weighted by Gasteiger charge is -2.33. The average Bonchev–Trinajstić information content (AvgIpc) is 2.67. The Balaban J connectivity index is 1.37. The quantitative estimate of drug-likeness (QED) is 0.773. The van der Waals surface area contributed by atoms with Gasteiger partial charge in [-0.25, -0.2) is 4.98 Å². The molecule has 0 unspecified atom stereocenters. The number of benzene rings is 1. The van der Waals surface area contributed by atoms with E-state index in [2.05, 4.69) is 44.5 Å². The second-order valence-electron chi connectivity index (χ2n) is 6.20. The molecule has 1 aliphatic heterocycles. The summed E-state index contributed by atoms with van der Waals surface area (Å²) < 4.78 is 0. The molecular formula is C19H24N4OS. The Labute approximate surface area is 153 Å². The molecule has 1 aromatic heterocycles. The number of amides is 1. The molecule has 1 aliphatic rings. The fourth-order valence-corrected chi connectivity index (χ4v) is 3.89. The van der Waals surface area contributed by atoms with Crippen LogP contribution in [-0.4, -0.2) is 40.8 Å². The molecule has 1 N–H and O–H groups in total. The van der Waals surface area contributed by atoms with Crippen LogP contribution in [0.3, 0.4) is 0 Å². The maximum atomic E-state index is 12.2. The van der Waals surface area contributed by atoms with Crippen LogP contribution in [0.25, 0.3) is 0 Å². The first-order valence-corrected chi connectivity index (χ1v) is 9.89. The topological polar surface area (TPSA) is 58.1 Å². The maximum Gasteiger partial charge on any atom is 0.221 e. The lowest BCUT2D eigenvalue weighted by Crippen LogP contribution is -2.48. The highest BCUT2D eigenvalue weighted by atomic mass is 32.2. The third-order valence-corrected chi connectivity index (χ3v) is 5.28. The molecule has 0 bridgehead atoms. The van der Waals surface area contributed by atoms with Crippen molar-refractivity contribution in [3.05, 3.63) is 54.5 Å². The minimum Gasteiger partial charge on any atom is -0.353 e. The summed E-state index contributed by atoms with van der Waals surface area (Å²) in [5.74, 6) is 2.84. The van der Waals surface area contributed by atoms with Gasteiger partial charge in [0.25, 0.3) is 0 Å². The molecule has 1 atom stereocenters. The SMILES string of the molecule is O=C(CCSCc1ccccc1)N[C@H]1CCCN(c2cnccn2)C1. The average molecular weight is 356 g/mol. The van der Waals surface area contributed by atoms with Crippen molar-refractivity contribution >= 4 is 23.5 Å². The second-order valence-corrected chi connectivity index (χ2v) is 7.31. The van der Waals surface area contributed by atoms with Gasteiger partial charge in [0.05, 0.1) is 6.20 Å². The van der Waals surface area contributed by atoms with E-state index in [1.165, 1.54) is 5.56 Å². The molecule has 1 fully saturated rings. The van der Waals surface area contributed by atoms with Gasteiger partial charge >= 0.3 is 0 Å². The van der Waals surface area contributed by atoms with Gasteiger partial charge in [0, 0.05) is 49.5 Å². The summed E-state index contributed by atoms with van der Waals surface area (Å²) in [6.07, 6.45) is 7.83. The van der Waals surface area contributed by atoms with Gasteiger partial charge in [-0.05, 0) is 18.4 Å². The second kappa shape index (κ2) is 9.42. The highest BCUT2D eigenvalue weighted by Gasteiger charge is 2.22. The molecule has 5 nitrogen and oxygen atoms in total. The Morgan fingerprint density at radius 2 is 2.16 bits per heavy atom. The van der Waals surface area contributed by atoms with Crippen molar-refractivity contribution in [1.29, 1.82) is 0 Å². The molecule has 6 heteroatoms. The summed E-state index contributed by atoms with van der Waals surface area (Å²) in [6, 6.07) is 10.6. The fraction of sp³-hybridized carbons (Fsp3) is 0.421. The van der Waals surface area contributed by atoms with Crippen molar-refractivity contribution in [2.45, 2.75) is 31.1 Å². The zero-order valence-electron chi connectivity index (χ0n) is 14.3. The van der Waals surface area contributed by atoms with Gasteiger partial charge < -0.3 is 10.2 Å². The fourth-order valence-electron chi connectivity index (χ4n) is 2.99. The van der Waals surface area contributed by atoms with E-state index in [1.807, 2.05) is 6.07 Å². The number of rotatable bonds is 7. The van der Waals surface area contributed by atoms with E-state index in [-0.39, 0.29) is 11.9 Å². The van der Waals surface area contributed by atoms with E-state index in [4.69, 9.17) is 0 Å². The third-order valence-electron chi connectivity index (χ3n) is 4.25. The number of hydrogen-bond acceptors (Lipinski definition) is 5. The molecule has 0 aliphatic carbocycles. The van der Waals surface area contributed by atoms with Crippen molar-refractivity contribution in [2.75, 3.05) is 23.7 Å². The zero-order chi connectivity index (χ0) is 17.3. The van der Waals surface area contributed by atoms with Gasteiger partial charge in [0.2, 0.25) is 5.91 Å². The first-order valence-electron chi connectivity index (χ1n) is 8.73. The molecule has 1 amide bonds. The molecule has 2 aromatic rings. The summed E-state index contributed by atoms with van der Waals surface area (Å²) in [5.41, 5.74) is 1.31. The molecule has 0 saturated carbocycles. The molecule has 132 valence electrons. The number of aromatic nitrogens is 2. The highest BCUT2D eigenvalue weighted by Crippen LogP contribution is 2.17.